The van der Waals surface area contributed by atoms with Gasteiger partial charge in [0.15, 0.2) is 0 Å². The van der Waals surface area contributed by atoms with Crippen molar-refractivity contribution in [3.63, 3.8) is 0 Å². The second kappa shape index (κ2) is 7.20. The molecule has 0 unspecified atom stereocenters. The molecule has 3 aliphatic rings. The van der Waals surface area contributed by atoms with E-state index in [-0.39, 0.29) is 5.41 Å². The van der Waals surface area contributed by atoms with Crippen LogP contribution in [0.3, 0.4) is 0 Å². The lowest BCUT2D eigenvalue weighted by atomic mass is 9.77. The average Bonchev–Trinajstić information content (AvgIpc) is 3.01. The molecule has 0 N–H and O–H groups in total. The molecule has 5 nitrogen and oxygen atoms in total. The van der Waals surface area contributed by atoms with E-state index in [0.717, 1.165) is 69.8 Å². The lowest BCUT2D eigenvalue weighted by Crippen LogP contribution is -2.51. The van der Waals surface area contributed by atoms with E-state index in [1.807, 2.05) is 12.1 Å². The number of likely N-dealkylation sites (N-methyl/N-ethyl adjacent to an activating group) is 1. The summed E-state index contributed by atoms with van der Waals surface area (Å²) < 4.78 is 11.1. The highest BCUT2D eigenvalue weighted by atomic mass is 16.5. The number of hydrogen-bond acceptors (Lipinski definition) is 4. The van der Waals surface area contributed by atoms with Crippen LogP contribution in [0.1, 0.15) is 31.2 Å². The fourth-order valence-corrected chi connectivity index (χ4v) is 5.03. The molecule has 1 aromatic rings. The van der Waals surface area contributed by atoms with Crippen LogP contribution < -0.4 is 4.74 Å². The summed E-state index contributed by atoms with van der Waals surface area (Å²) in [5, 5.41) is 0. The molecule has 26 heavy (non-hydrogen) atoms. The molecule has 2 aliphatic heterocycles. The number of carbonyl (C=O) groups is 1. The molecule has 1 amide bonds. The van der Waals surface area contributed by atoms with Gasteiger partial charge in [-0.2, -0.15) is 0 Å². The Labute approximate surface area is 156 Å². The third kappa shape index (κ3) is 3.12. The Morgan fingerprint density at radius 2 is 1.85 bits per heavy atom. The zero-order valence-corrected chi connectivity index (χ0v) is 15.9. The summed E-state index contributed by atoms with van der Waals surface area (Å²) in [5.41, 5.74) is 0.796. The van der Waals surface area contributed by atoms with Crippen molar-refractivity contribution in [2.45, 2.75) is 37.1 Å². The van der Waals surface area contributed by atoms with E-state index < -0.39 is 0 Å². The van der Waals surface area contributed by atoms with Gasteiger partial charge >= 0.3 is 0 Å². The zero-order chi connectivity index (χ0) is 18.1. The van der Waals surface area contributed by atoms with Crippen LogP contribution in [0, 0.1) is 5.92 Å². The highest BCUT2D eigenvalue weighted by Gasteiger charge is 2.46. The Hall–Kier alpha value is -1.59. The Morgan fingerprint density at radius 1 is 1.12 bits per heavy atom. The molecule has 142 valence electrons. The summed E-state index contributed by atoms with van der Waals surface area (Å²) in [6, 6.07) is 8.47. The van der Waals surface area contributed by atoms with E-state index in [9.17, 15) is 4.79 Å². The fraction of sp³-hybridized carbons (Fsp3) is 0.667. The second-order valence-electron chi connectivity index (χ2n) is 8.22. The van der Waals surface area contributed by atoms with Gasteiger partial charge in [0, 0.05) is 25.6 Å². The van der Waals surface area contributed by atoms with Crippen LogP contribution in [0.4, 0.5) is 0 Å². The molecule has 4 rings (SSSR count). The van der Waals surface area contributed by atoms with Crippen molar-refractivity contribution in [2.24, 2.45) is 5.92 Å². The molecule has 0 aromatic heterocycles. The molecular formula is C21H30N2O3. The van der Waals surface area contributed by atoms with Crippen LogP contribution in [-0.2, 0) is 14.9 Å². The molecule has 1 saturated carbocycles. The number of methoxy groups -OCH3 is 1. The molecule has 3 fully saturated rings. The number of fused-ring (bicyclic) bond motifs is 3. The number of hydrogen-bond donors (Lipinski definition) is 0. The van der Waals surface area contributed by atoms with Crippen molar-refractivity contribution < 1.29 is 14.3 Å². The third-order valence-corrected chi connectivity index (χ3v) is 6.54. The standard InChI is InChI=1S/C21H30N2O3/c1-22-11-16-12-23(13-18(22)15-26-14-16)20(24)21(9-3-4-10-21)17-5-7-19(25-2)8-6-17/h5-8,16,18H,3-4,9-15H2,1-2H3/t16-,18+/m1/s1. The van der Waals surface area contributed by atoms with Gasteiger partial charge in [0.25, 0.3) is 0 Å². The molecule has 2 heterocycles. The summed E-state index contributed by atoms with van der Waals surface area (Å²) in [7, 11) is 3.84. The summed E-state index contributed by atoms with van der Waals surface area (Å²) in [5.74, 6) is 1.58. The van der Waals surface area contributed by atoms with E-state index in [4.69, 9.17) is 9.47 Å². The Bertz CT molecular complexity index is 639. The number of carbonyl (C=O) groups excluding carboxylic acids is 1. The van der Waals surface area contributed by atoms with Crippen molar-refractivity contribution in [3.8, 4) is 5.75 Å². The summed E-state index contributed by atoms with van der Waals surface area (Å²) >= 11 is 0. The Morgan fingerprint density at radius 3 is 2.54 bits per heavy atom. The topological polar surface area (TPSA) is 42.0 Å². The number of rotatable bonds is 3. The lowest BCUT2D eigenvalue weighted by molar-refractivity contribution is -0.139. The first-order chi connectivity index (χ1) is 12.6. The Balaban J connectivity index is 1.63. The first-order valence-corrected chi connectivity index (χ1v) is 9.84. The third-order valence-electron chi connectivity index (χ3n) is 6.54. The van der Waals surface area contributed by atoms with Gasteiger partial charge in [0.1, 0.15) is 5.75 Å². The van der Waals surface area contributed by atoms with E-state index in [1.165, 1.54) is 0 Å². The van der Waals surface area contributed by atoms with Crippen LogP contribution in [0.2, 0.25) is 0 Å². The molecule has 0 spiro atoms. The smallest absolute Gasteiger partial charge is 0.233 e. The molecule has 1 aromatic carbocycles. The molecule has 5 heteroatoms. The molecule has 2 saturated heterocycles. The van der Waals surface area contributed by atoms with Crippen molar-refractivity contribution in [1.82, 2.24) is 9.80 Å². The van der Waals surface area contributed by atoms with Crippen LogP contribution in [0.15, 0.2) is 24.3 Å². The van der Waals surface area contributed by atoms with Gasteiger partial charge in [0.2, 0.25) is 5.91 Å². The van der Waals surface area contributed by atoms with Gasteiger partial charge < -0.3 is 14.4 Å². The van der Waals surface area contributed by atoms with Crippen molar-refractivity contribution in [3.05, 3.63) is 29.8 Å². The maximum absolute atomic E-state index is 13.8. The number of nitrogens with zero attached hydrogens (tertiary/aromatic N) is 2. The largest absolute Gasteiger partial charge is 0.497 e. The van der Waals surface area contributed by atoms with Crippen LogP contribution in [0.5, 0.6) is 5.75 Å². The van der Waals surface area contributed by atoms with Crippen molar-refractivity contribution >= 4 is 5.91 Å². The second-order valence-corrected chi connectivity index (χ2v) is 8.22. The highest BCUT2D eigenvalue weighted by molar-refractivity contribution is 5.89. The first-order valence-electron chi connectivity index (χ1n) is 9.84. The van der Waals surface area contributed by atoms with Crippen LogP contribution in [0.25, 0.3) is 0 Å². The zero-order valence-electron chi connectivity index (χ0n) is 15.9. The van der Waals surface area contributed by atoms with Crippen LogP contribution in [-0.4, -0.2) is 68.8 Å². The Kier molecular flexibility index (Phi) is 4.93. The van der Waals surface area contributed by atoms with E-state index in [2.05, 4.69) is 29.0 Å². The fourth-order valence-electron chi connectivity index (χ4n) is 5.03. The van der Waals surface area contributed by atoms with Crippen molar-refractivity contribution in [2.75, 3.05) is 47.0 Å². The van der Waals surface area contributed by atoms with Crippen LogP contribution >= 0.6 is 0 Å². The number of benzene rings is 1. The van der Waals surface area contributed by atoms with E-state index >= 15 is 0 Å². The van der Waals surface area contributed by atoms with E-state index in [0.29, 0.717) is 17.9 Å². The quantitative estimate of drug-likeness (QED) is 0.831. The predicted molar refractivity (Wildman–Crippen MR) is 100 cm³/mol. The van der Waals surface area contributed by atoms with Gasteiger partial charge in [0.05, 0.1) is 31.8 Å². The first kappa shape index (κ1) is 17.8. The van der Waals surface area contributed by atoms with Gasteiger partial charge in [-0.15, -0.1) is 0 Å². The van der Waals surface area contributed by atoms with Gasteiger partial charge in [-0.05, 0) is 37.6 Å². The summed E-state index contributed by atoms with van der Waals surface area (Å²) in [6.45, 7) is 4.11. The number of amides is 1. The minimum atomic E-state index is -0.357. The monoisotopic (exact) mass is 358 g/mol. The molecule has 2 atom stereocenters. The summed E-state index contributed by atoms with van der Waals surface area (Å²) in [6.07, 6.45) is 4.16. The number of ether oxygens (including phenoxy) is 2. The highest BCUT2D eigenvalue weighted by Crippen LogP contribution is 2.43. The van der Waals surface area contributed by atoms with Gasteiger partial charge in [-0.1, -0.05) is 25.0 Å². The molecule has 1 aliphatic carbocycles. The lowest BCUT2D eigenvalue weighted by Gasteiger charge is -2.37. The van der Waals surface area contributed by atoms with Crippen molar-refractivity contribution in [1.29, 1.82) is 0 Å². The maximum Gasteiger partial charge on any atom is 0.233 e. The summed E-state index contributed by atoms with van der Waals surface area (Å²) in [4.78, 5) is 18.3. The maximum atomic E-state index is 13.8. The van der Waals surface area contributed by atoms with Gasteiger partial charge in [-0.25, -0.2) is 0 Å². The normalized spacial score (nSPS) is 28.6. The van der Waals surface area contributed by atoms with Gasteiger partial charge in [-0.3, -0.25) is 9.69 Å². The SMILES string of the molecule is COc1ccc(C2(C(=O)N3C[C@@H]4COC[C@H](C3)N(C)C4)CCCC2)cc1. The molecule has 0 radical (unpaired) electrons. The molecular weight excluding hydrogens is 328 g/mol. The minimum Gasteiger partial charge on any atom is -0.497 e. The minimum absolute atomic E-state index is 0.306. The average molecular weight is 358 g/mol. The van der Waals surface area contributed by atoms with E-state index in [1.54, 1.807) is 7.11 Å². The predicted octanol–water partition coefficient (Wildman–Crippen LogP) is 2.30. The molecule has 2 bridgehead atoms.